The fraction of sp³-hybridized carbons (Fsp3) is 0.909. The van der Waals surface area contributed by atoms with Gasteiger partial charge in [0.15, 0.2) is 0 Å². The van der Waals surface area contributed by atoms with Gasteiger partial charge in [0.1, 0.15) is 0 Å². The van der Waals surface area contributed by atoms with E-state index >= 15 is 0 Å². The van der Waals surface area contributed by atoms with Crippen LogP contribution in [0, 0.1) is 0 Å². The van der Waals surface area contributed by atoms with E-state index in [1.165, 1.54) is 83.5 Å². The number of nitrogens with zero attached hydrogens (tertiary/aromatic N) is 1. The summed E-state index contributed by atoms with van der Waals surface area (Å²) in [6, 6.07) is 0. The minimum absolute atomic E-state index is 0.673. The first-order valence-corrected chi connectivity index (χ1v) is 11.0. The Morgan fingerprint density at radius 2 is 1.00 bits per heavy atom. The van der Waals surface area contributed by atoms with Gasteiger partial charge in [0.25, 0.3) is 0 Å². The normalized spacial score (nSPS) is 11.8. The van der Waals surface area contributed by atoms with E-state index in [0.717, 1.165) is 13.0 Å². The fourth-order valence-corrected chi connectivity index (χ4v) is 2.94. The molecule has 25 heavy (non-hydrogen) atoms. The zero-order valence-corrected chi connectivity index (χ0v) is 17.4. The Labute approximate surface area is 158 Å². The van der Waals surface area contributed by atoms with Crippen LogP contribution in [0.15, 0.2) is 12.2 Å². The summed E-state index contributed by atoms with van der Waals surface area (Å²) in [4.78, 5) is 10.8. The standard InChI is InChI=1S/C22H45NO2/c1-4-7-8-9-10-11-12-13-14-15-16-17-18-19-20-21-22-23(24-5-2)25-6-3/h13-14H,4-12,15-22H2,1-3H3/b14-13-. The monoisotopic (exact) mass is 355 g/mol. The van der Waals surface area contributed by atoms with E-state index in [0.29, 0.717) is 13.2 Å². The van der Waals surface area contributed by atoms with Crippen molar-refractivity contribution < 1.29 is 9.68 Å². The van der Waals surface area contributed by atoms with Gasteiger partial charge in [-0.15, -0.1) is 0 Å². The first-order valence-electron chi connectivity index (χ1n) is 11.0. The first-order chi connectivity index (χ1) is 12.3. The topological polar surface area (TPSA) is 21.7 Å². The van der Waals surface area contributed by atoms with Crippen LogP contribution >= 0.6 is 0 Å². The van der Waals surface area contributed by atoms with E-state index in [9.17, 15) is 0 Å². The highest BCUT2D eigenvalue weighted by atomic mass is 16.9. The van der Waals surface area contributed by atoms with Crippen molar-refractivity contribution >= 4 is 0 Å². The maximum atomic E-state index is 5.41. The molecule has 0 aliphatic heterocycles. The average Bonchev–Trinajstić information content (AvgIpc) is 2.61. The Morgan fingerprint density at radius 1 is 0.560 bits per heavy atom. The molecular weight excluding hydrogens is 310 g/mol. The maximum absolute atomic E-state index is 5.41. The summed E-state index contributed by atoms with van der Waals surface area (Å²) < 4.78 is 0. The van der Waals surface area contributed by atoms with Crippen LogP contribution in [0.1, 0.15) is 111 Å². The molecule has 0 aliphatic carbocycles. The number of hydrogen-bond acceptors (Lipinski definition) is 3. The minimum Gasteiger partial charge on any atom is -0.274 e. The van der Waals surface area contributed by atoms with Gasteiger partial charge in [-0.05, 0) is 46.0 Å². The summed E-state index contributed by atoms with van der Waals surface area (Å²) in [7, 11) is 0. The summed E-state index contributed by atoms with van der Waals surface area (Å²) in [5.74, 6) is 0. The highest BCUT2D eigenvalue weighted by Gasteiger charge is 2.03. The second-order valence-corrected chi connectivity index (χ2v) is 6.83. The third-order valence-electron chi connectivity index (χ3n) is 4.40. The lowest BCUT2D eigenvalue weighted by Crippen LogP contribution is -2.25. The van der Waals surface area contributed by atoms with E-state index < -0.39 is 0 Å². The van der Waals surface area contributed by atoms with E-state index in [1.54, 1.807) is 5.23 Å². The molecule has 0 N–H and O–H groups in total. The first kappa shape index (κ1) is 24.6. The summed E-state index contributed by atoms with van der Waals surface area (Å²) in [5.41, 5.74) is 0. The Morgan fingerprint density at radius 3 is 1.48 bits per heavy atom. The molecule has 0 radical (unpaired) electrons. The number of rotatable bonds is 20. The molecule has 0 aromatic carbocycles. The van der Waals surface area contributed by atoms with Gasteiger partial charge >= 0.3 is 0 Å². The molecule has 0 heterocycles. The van der Waals surface area contributed by atoms with Crippen LogP contribution in [-0.2, 0) is 9.68 Å². The van der Waals surface area contributed by atoms with Crippen molar-refractivity contribution in [1.82, 2.24) is 5.23 Å². The molecule has 0 saturated carbocycles. The van der Waals surface area contributed by atoms with Gasteiger partial charge < -0.3 is 0 Å². The van der Waals surface area contributed by atoms with E-state index in [4.69, 9.17) is 9.68 Å². The van der Waals surface area contributed by atoms with Crippen molar-refractivity contribution in [2.45, 2.75) is 111 Å². The second-order valence-electron chi connectivity index (χ2n) is 6.83. The van der Waals surface area contributed by atoms with Crippen molar-refractivity contribution in [3.8, 4) is 0 Å². The summed E-state index contributed by atoms with van der Waals surface area (Å²) >= 11 is 0. The predicted octanol–water partition coefficient (Wildman–Crippen LogP) is 7.23. The minimum atomic E-state index is 0.673. The van der Waals surface area contributed by atoms with Gasteiger partial charge in [-0.1, -0.05) is 82.1 Å². The predicted molar refractivity (Wildman–Crippen MR) is 109 cm³/mol. The van der Waals surface area contributed by atoms with Crippen LogP contribution in [0.3, 0.4) is 0 Å². The third-order valence-corrected chi connectivity index (χ3v) is 4.40. The molecule has 0 rings (SSSR count). The molecule has 0 aliphatic rings. The number of hydrogen-bond donors (Lipinski definition) is 0. The average molecular weight is 356 g/mol. The van der Waals surface area contributed by atoms with Crippen molar-refractivity contribution in [3.05, 3.63) is 12.2 Å². The Hall–Kier alpha value is -0.380. The Balaban J connectivity index is 3.23. The lowest BCUT2D eigenvalue weighted by atomic mass is 10.1. The van der Waals surface area contributed by atoms with Gasteiger partial charge in [0.2, 0.25) is 0 Å². The van der Waals surface area contributed by atoms with Gasteiger partial charge in [-0.25, -0.2) is 0 Å². The molecule has 0 unspecified atom stereocenters. The van der Waals surface area contributed by atoms with Crippen LogP contribution in [-0.4, -0.2) is 25.0 Å². The molecule has 0 saturated heterocycles. The summed E-state index contributed by atoms with van der Waals surface area (Å²) in [6.45, 7) is 8.49. The zero-order valence-electron chi connectivity index (χ0n) is 17.4. The lowest BCUT2D eigenvalue weighted by Gasteiger charge is -2.19. The molecule has 0 aromatic rings. The number of unbranched alkanes of at least 4 members (excludes halogenated alkanes) is 12. The highest BCUT2D eigenvalue weighted by molar-refractivity contribution is 4.81. The van der Waals surface area contributed by atoms with Crippen LogP contribution in [0.2, 0.25) is 0 Å². The summed E-state index contributed by atoms with van der Waals surface area (Å²) in [5, 5.41) is 1.65. The third kappa shape index (κ3) is 19.8. The van der Waals surface area contributed by atoms with Crippen LogP contribution in [0.4, 0.5) is 0 Å². The maximum Gasteiger partial charge on any atom is 0.0683 e. The molecule has 3 heteroatoms. The zero-order chi connectivity index (χ0) is 18.4. The second kappa shape index (κ2) is 21.7. The van der Waals surface area contributed by atoms with Crippen LogP contribution < -0.4 is 0 Å². The molecule has 3 nitrogen and oxygen atoms in total. The smallest absolute Gasteiger partial charge is 0.0683 e. The van der Waals surface area contributed by atoms with Crippen molar-refractivity contribution in [2.24, 2.45) is 0 Å². The van der Waals surface area contributed by atoms with Crippen molar-refractivity contribution in [2.75, 3.05) is 19.8 Å². The molecule has 0 fully saturated rings. The van der Waals surface area contributed by atoms with Crippen LogP contribution in [0.25, 0.3) is 0 Å². The summed E-state index contributed by atoms with van der Waals surface area (Å²) in [6.07, 6.45) is 23.5. The number of hydroxylamine groups is 2. The van der Waals surface area contributed by atoms with Gasteiger partial charge in [-0.3, -0.25) is 9.68 Å². The van der Waals surface area contributed by atoms with Crippen molar-refractivity contribution in [3.63, 3.8) is 0 Å². The van der Waals surface area contributed by atoms with Crippen LogP contribution in [0.5, 0.6) is 0 Å². The molecule has 150 valence electrons. The van der Waals surface area contributed by atoms with Gasteiger partial charge in [0, 0.05) is 0 Å². The Kier molecular flexibility index (Phi) is 21.3. The quantitative estimate of drug-likeness (QED) is 0.131. The van der Waals surface area contributed by atoms with E-state index in [-0.39, 0.29) is 0 Å². The Bertz CT molecular complexity index is 263. The molecule has 0 atom stereocenters. The molecule has 0 spiro atoms. The molecule has 0 bridgehead atoms. The molecule has 0 amide bonds. The van der Waals surface area contributed by atoms with E-state index in [2.05, 4.69) is 19.1 Å². The fourth-order valence-electron chi connectivity index (χ4n) is 2.94. The number of allylic oxidation sites excluding steroid dienone is 2. The highest BCUT2D eigenvalue weighted by Crippen LogP contribution is 2.10. The molecular formula is C22H45NO2. The van der Waals surface area contributed by atoms with Crippen molar-refractivity contribution in [1.29, 1.82) is 0 Å². The van der Waals surface area contributed by atoms with Gasteiger partial charge in [-0.2, -0.15) is 0 Å². The molecule has 0 aromatic heterocycles. The van der Waals surface area contributed by atoms with E-state index in [1.807, 2.05) is 13.8 Å². The largest absolute Gasteiger partial charge is 0.274 e. The van der Waals surface area contributed by atoms with Gasteiger partial charge in [0.05, 0.1) is 19.8 Å². The SMILES string of the molecule is CCCCCCCC/C=C\CCCCCCCCN(OCC)OCC. The lowest BCUT2D eigenvalue weighted by molar-refractivity contribution is -0.364.